The Morgan fingerprint density at radius 3 is 2.65 bits per heavy atom. The van der Waals surface area contributed by atoms with Gasteiger partial charge in [0.2, 0.25) is 0 Å². The number of aliphatic imine (C=N–C) groups is 1. The molecule has 0 saturated heterocycles. The van der Waals surface area contributed by atoms with Gasteiger partial charge in [-0.3, -0.25) is 4.99 Å². The van der Waals surface area contributed by atoms with Crippen LogP contribution in [0.15, 0.2) is 47.5 Å². The first-order valence-electron chi connectivity index (χ1n) is 7.68. The first-order chi connectivity index (χ1) is 11.3. The summed E-state index contributed by atoms with van der Waals surface area (Å²) in [4.78, 5) is 8.28. The number of aromatic nitrogens is 1. The highest BCUT2D eigenvalue weighted by atomic mass is 16.5. The summed E-state index contributed by atoms with van der Waals surface area (Å²) >= 11 is 0. The third-order valence-corrected chi connectivity index (χ3v) is 4.32. The molecule has 4 heteroatoms. The molecule has 2 aromatic carbocycles. The van der Waals surface area contributed by atoms with E-state index in [2.05, 4.69) is 23.2 Å². The molecule has 1 aliphatic heterocycles. The number of methoxy groups -OCH3 is 2. The van der Waals surface area contributed by atoms with Crippen LogP contribution in [0.3, 0.4) is 0 Å². The van der Waals surface area contributed by atoms with Crippen LogP contribution in [0.25, 0.3) is 10.9 Å². The van der Waals surface area contributed by atoms with Crippen molar-refractivity contribution >= 4 is 16.6 Å². The smallest absolute Gasteiger partial charge is 0.119 e. The molecule has 116 valence electrons. The van der Waals surface area contributed by atoms with Gasteiger partial charge in [0, 0.05) is 23.0 Å². The Kier molecular flexibility index (Phi) is 3.30. The lowest BCUT2D eigenvalue weighted by molar-refractivity contribution is 0.414. The molecule has 1 aliphatic rings. The molecule has 0 saturated carbocycles. The number of rotatable bonds is 3. The normalized spacial score (nSPS) is 13.6. The molecule has 0 unspecified atom stereocenters. The zero-order valence-electron chi connectivity index (χ0n) is 13.2. The highest BCUT2D eigenvalue weighted by molar-refractivity contribution is 6.16. The molecule has 0 spiro atoms. The molecular weight excluding hydrogens is 288 g/mol. The molecule has 0 fully saturated rings. The van der Waals surface area contributed by atoms with Gasteiger partial charge in [-0.1, -0.05) is 12.1 Å². The third-order valence-electron chi connectivity index (χ3n) is 4.32. The number of nitrogens with one attached hydrogen (secondary N) is 1. The highest BCUT2D eigenvalue weighted by Gasteiger charge is 2.21. The fraction of sp³-hybridized carbons (Fsp3) is 0.211. The standard InChI is InChI=1S/C19H18N2O2/c1-22-13-5-3-4-12(10-13)18-19-15(8-9-20-18)16-11-14(23-2)6-7-17(16)21-19/h3-7,10-11,21H,8-9H2,1-2H3. The number of hydrogen-bond acceptors (Lipinski definition) is 3. The summed E-state index contributed by atoms with van der Waals surface area (Å²) in [6.45, 7) is 0.795. The summed E-state index contributed by atoms with van der Waals surface area (Å²) < 4.78 is 10.7. The summed E-state index contributed by atoms with van der Waals surface area (Å²) in [6, 6.07) is 14.2. The molecule has 1 aromatic heterocycles. The fourth-order valence-electron chi connectivity index (χ4n) is 3.18. The van der Waals surface area contributed by atoms with Crippen molar-refractivity contribution in [1.82, 2.24) is 4.98 Å². The second-order valence-electron chi connectivity index (χ2n) is 5.60. The van der Waals surface area contributed by atoms with Gasteiger partial charge in [0.15, 0.2) is 0 Å². The fourth-order valence-corrected chi connectivity index (χ4v) is 3.18. The molecule has 0 bridgehead atoms. The quantitative estimate of drug-likeness (QED) is 0.804. The van der Waals surface area contributed by atoms with E-state index in [-0.39, 0.29) is 0 Å². The average molecular weight is 306 g/mol. The maximum atomic E-state index is 5.36. The Morgan fingerprint density at radius 2 is 1.83 bits per heavy atom. The van der Waals surface area contributed by atoms with Crippen molar-refractivity contribution < 1.29 is 9.47 Å². The van der Waals surface area contributed by atoms with Crippen LogP contribution in [-0.2, 0) is 6.42 Å². The zero-order valence-corrected chi connectivity index (χ0v) is 13.2. The van der Waals surface area contributed by atoms with E-state index in [1.807, 2.05) is 24.3 Å². The van der Waals surface area contributed by atoms with Gasteiger partial charge in [-0.15, -0.1) is 0 Å². The number of nitrogens with zero attached hydrogens (tertiary/aromatic N) is 1. The first kappa shape index (κ1) is 13.9. The van der Waals surface area contributed by atoms with Gasteiger partial charge in [-0.25, -0.2) is 0 Å². The van der Waals surface area contributed by atoms with E-state index in [0.29, 0.717) is 0 Å². The Hall–Kier alpha value is -2.75. The van der Waals surface area contributed by atoms with Crippen LogP contribution in [0.1, 0.15) is 16.8 Å². The lowest BCUT2D eigenvalue weighted by Crippen LogP contribution is -2.13. The molecule has 1 N–H and O–H groups in total. The largest absolute Gasteiger partial charge is 0.497 e. The van der Waals surface area contributed by atoms with E-state index in [4.69, 9.17) is 14.5 Å². The van der Waals surface area contributed by atoms with Gasteiger partial charge in [0.05, 0.1) is 25.6 Å². The van der Waals surface area contributed by atoms with Gasteiger partial charge >= 0.3 is 0 Å². The average Bonchev–Trinajstić information content (AvgIpc) is 2.99. The van der Waals surface area contributed by atoms with Gasteiger partial charge in [-0.05, 0) is 42.3 Å². The summed E-state index contributed by atoms with van der Waals surface area (Å²) in [7, 11) is 3.38. The van der Waals surface area contributed by atoms with Crippen molar-refractivity contribution in [1.29, 1.82) is 0 Å². The Bertz CT molecular complexity index is 909. The lowest BCUT2D eigenvalue weighted by Gasteiger charge is -2.14. The first-order valence-corrected chi connectivity index (χ1v) is 7.68. The summed E-state index contributed by atoms with van der Waals surface area (Å²) in [6.07, 6.45) is 0.940. The van der Waals surface area contributed by atoms with Gasteiger partial charge in [0.1, 0.15) is 11.5 Å². The van der Waals surface area contributed by atoms with Crippen LogP contribution < -0.4 is 9.47 Å². The minimum absolute atomic E-state index is 0.795. The van der Waals surface area contributed by atoms with Crippen molar-refractivity contribution in [2.75, 3.05) is 20.8 Å². The predicted molar refractivity (Wildman–Crippen MR) is 92.1 cm³/mol. The molecule has 0 amide bonds. The van der Waals surface area contributed by atoms with Crippen molar-refractivity contribution in [2.24, 2.45) is 4.99 Å². The predicted octanol–water partition coefficient (Wildman–Crippen LogP) is 3.58. The molecule has 0 radical (unpaired) electrons. The van der Waals surface area contributed by atoms with Crippen LogP contribution in [0, 0.1) is 0 Å². The van der Waals surface area contributed by atoms with Crippen LogP contribution in [0.4, 0.5) is 0 Å². The summed E-state index contributed by atoms with van der Waals surface area (Å²) in [5.74, 6) is 1.72. The third kappa shape index (κ3) is 2.27. The van der Waals surface area contributed by atoms with E-state index in [0.717, 1.165) is 47.0 Å². The second kappa shape index (κ2) is 5.47. The number of H-pyrrole nitrogens is 1. The maximum Gasteiger partial charge on any atom is 0.119 e. The minimum atomic E-state index is 0.795. The SMILES string of the molecule is COc1cccc(C2=NCCc3c2[nH]c2ccc(OC)cc32)c1. The van der Waals surface area contributed by atoms with Crippen molar-refractivity contribution in [3.63, 3.8) is 0 Å². The van der Waals surface area contributed by atoms with Crippen LogP contribution in [0.5, 0.6) is 11.5 Å². The van der Waals surface area contributed by atoms with E-state index < -0.39 is 0 Å². The van der Waals surface area contributed by atoms with Crippen LogP contribution >= 0.6 is 0 Å². The van der Waals surface area contributed by atoms with Crippen molar-refractivity contribution in [2.45, 2.75) is 6.42 Å². The molecule has 0 atom stereocenters. The molecule has 4 nitrogen and oxygen atoms in total. The Labute approximate surface area is 134 Å². The van der Waals surface area contributed by atoms with E-state index in [1.165, 1.54) is 10.9 Å². The maximum absolute atomic E-state index is 5.36. The van der Waals surface area contributed by atoms with E-state index in [1.54, 1.807) is 14.2 Å². The van der Waals surface area contributed by atoms with Crippen molar-refractivity contribution in [3.8, 4) is 11.5 Å². The van der Waals surface area contributed by atoms with Crippen LogP contribution in [-0.4, -0.2) is 31.5 Å². The lowest BCUT2D eigenvalue weighted by atomic mass is 9.98. The van der Waals surface area contributed by atoms with Crippen molar-refractivity contribution in [3.05, 3.63) is 59.3 Å². The molecular formula is C19H18N2O2. The molecule has 0 aliphatic carbocycles. The number of fused-ring (bicyclic) bond motifs is 3. The minimum Gasteiger partial charge on any atom is -0.497 e. The molecule has 3 aromatic rings. The van der Waals surface area contributed by atoms with Crippen LogP contribution in [0.2, 0.25) is 0 Å². The second-order valence-corrected chi connectivity index (χ2v) is 5.60. The van der Waals surface area contributed by atoms with Gasteiger partial charge in [-0.2, -0.15) is 0 Å². The Morgan fingerprint density at radius 1 is 1.00 bits per heavy atom. The van der Waals surface area contributed by atoms with Gasteiger partial charge in [0.25, 0.3) is 0 Å². The van der Waals surface area contributed by atoms with Gasteiger partial charge < -0.3 is 14.5 Å². The number of aromatic amines is 1. The number of ether oxygens (including phenoxy) is 2. The zero-order chi connectivity index (χ0) is 15.8. The number of hydrogen-bond donors (Lipinski definition) is 1. The monoisotopic (exact) mass is 306 g/mol. The summed E-state index contributed by atoms with van der Waals surface area (Å²) in [5, 5.41) is 1.22. The Balaban J connectivity index is 1.88. The molecule has 2 heterocycles. The highest BCUT2D eigenvalue weighted by Crippen LogP contribution is 2.31. The topological polar surface area (TPSA) is 46.6 Å². The number of benzene rings is 2. The van der Waals surface area contributed by atoms with E-state index in [9.17, 15) is 0 Å². The molecule has 23 heavy (non-hydrogen) atoms. The summed E-state index contributed by atoms with van der Waals surface area (Å²) in [5.41, 5.74) is 5.61. The van der Waals surface area contributed by atoms with E-state index >= 15 is 0 Å². The molecule has 4 rings (SSSR count).